The standard InChI is InChI=1S/C14H16/c1-14-8-7-12(9-14)13(10-14)11-5-3-2-4-6-11/h2-8,12-13H,9-10H2,1H3. The summed E-state index contributed by atoms with van der Waals surface area (Å²) in [5.74, 6) is 1.59. The minimum Gasteiger partial charge on any atom is -0.0842 e. The predicted molar refractivity (Wildman–Crippen MR) is 59.2 cm³/mol. The average Bonchev–Trinajstić information content (AvgIpc) is 2.74. The molecule has 0 amide bonds. The Morgan fingerprint density at radius 1 is 1.14 bits per heavy atom. The molecule has 0 radical (unpaired) electrons. The molecule has 0 heterocycles. The monoisotopic (exact) mass is 184 g/mol. The summed E-state index contributed by atoms with van der Waals surface area (Å²) in [5.41, 5.74) is 2.04. The van der Waals surface area contributed by atoms with Crippen molar-refractivity contribution in [2.75, 3.05) is 0 Å². The molecular weight excluding hydrogens is 168 g/mol. The van der Waals surface area contributed by atoms with Gasteiger partial charge in [-0.3, -0.25) is 0 Å². The second-order valence-electron chi connectivity index (χ2n) is 5.10. The van der Waals surface area contributed by atoms with Crippen molar-refractivity contribution in [1.82, 2.24) is 0 Å². The quantitative estimate of drug-likeness (QED) is 0.583. The third-order valence-electron chi connectivity index (χ3n) is 3.88. The van der Waals surface area contributed by atoms with Crippen LogP contribution < -0.4 is 0 Å². The second kappa shape index (κ2) is 2.73. The maximum atomic E-state index is 2.43. The van der Waals surface area contributed by atoms with Gasteiger partial charge in [-0.15, -0.1) is 0 Å². The van der Waals surface area contributed by atoms with E-state index in [4.69, 9.17) is 0 Å². The third-order valence-corrected chi connectivity index (χ3v) is 3.88. The first kappa shape index (κ1) is 8.28. The maximum absolute atomic E-state index is 2.43. The first-order valence-electron chi connectivity index (χ1n) is 5.51. The molecule has 2 aliphatic carbocycles. The number of fused-ring (bicyclic) bond motifs is 2. The van der Waals surface area contributed by atoms with E-state index in [0.717, 1.165) is 11.8 Å². The fourth-order valence-corrected chi connectivity index (χ4v) is 3.18. The van der Waals surface area contributed by atoms with Gasteiger partial charge >= 0.3 is 0 Å². The van der Waals surface area contributed by atoms with E-state index in [0.29, 0.717) is 5.41 Å². The van der Waals surface area contributed by atoms with E-state index in [1.807, 2.05) is 0 Å². The van der Waals surface area contributed by atoms with E-state index in [-0.39, 0.29) is 0 Å². The molecule has 0 nitrogen and oxygen atoms in total. The summed E-state index contributed by atoms with van der Waals surface area (Å²) in [6, 6.07) is 11.0. The van der Waals surface area contributed by atoms with E-state index in [2.05, 4.69) is 49.4 Å². The average molecular weight is 184 g/mol. The molecule has 2 bridgehead atoms. The Bertz CT molecular complexity index is 363. The van der Waals surface area contributed by atoms with Crippen molar-refractivity contribution < 1.29 is 0 Å². The van der Waals surface area contributed by atoms with Crippen LogP contribution in [0.1, 0.15) is 31.2 Å². The lowest BCUT2D eigenvalue weighted by atomic mass is 9.83. The Labute approximate surface area is 85.6 Å². The second-order valence-corrected chi connectivity index (χ2v) is 5.10. The van der Waals surface area contributed by atoms with Gasteiger partial charge in [0.05, 0.1) is 0 Å². The molecule has 0 saturated heterocycles. The van der Waals surface area contributed by atoms with Crippen LogP contribution in [0, 0.1) is 11.3 Å². The van der Waals surface area contributed by atoms with E-state index in [1.165, 1.54) is 18.4 Å². The molecule has 3 unspecified atom stereocenters. The van der Waals surface area contributed by atoms with E-state index >= 15 is 0 Å². The Morgan fingerprint density at radius 3 is 2.50 bits per heavy atom. The molecule has 3 atom stereocenters. The van der Waals surface area contributed by atoms with Crippen LogP contribution in [0.5, 0.6) is 0 Å². The molecule has 0 N–H and O–H groups in total. The van der Waals surface area contributed by atoms with Crippen molar-refractivity contribution >= 4 is 0 Å². The van der Waals surface area contributed by atoms with Gasteiger partial charge in [0, 0.05) is 0 Å². The Balaban J connectivity index is 1.94. The van der Waals surface area contributed by atoms with Crippen LogP contribution >= 0.6 is 0 Å². The zero-order valence-electron chi connectivity index (χ0n) is 8.61. The van der Waals surface area contributed by atoms with Crippen molar-refractivity contribution in [1.29, 1.82) is 0 Å². The highest BCUT2D eigenvalue weighted by atomic mass is 14.5. The topological polar surface area (TPSA) is 0 Å². The Morgan fingerprint density at radius 2 is 1.93 bits per heavy atom. The van der Waals surface area contributed by atoms with Crippen molar-refractivity contribution in [3.63, 3.8) is 0 Å². The lowest BCUT2D eigenvalue weighted by Crippen LogP contribution is -2.09. The van der Waals surface area contributed by atoms with Crippen LogP contribution in [0.4, 0.5) is 0 Å². The van der Waals surface area contributed by atoms with Crippen LogP contribution in [-0.4, -0.2) is 0 Å². The highest BCUT2D eigenvalue weighted by Crippen LogP contribution is 2.55. The zero-order chi connectivity index (χ0) is 9.60. The Kier molecular flexibility index (Phi) is 1.61. The van der Waals surface area contributed by atoms with Gasteiger partial charge in [-0.25, -0.2) is 0 Å². The lowest BCUT2D eigenvalue weighted by Gasteiger charge is -2.22. The first-order chi connectivity index (χ1) is 6.77. The van der Waals surface area contributed by atoms with Crippen molar-refractivity contribution in [2.24, 2.45) is 11.3 Å². The SMILES string of the molecule is CC12C=CC(C1)C(c1ccccc1)C2. The molecule has 0 aromatic heterocycles. The van der Waals surface area contributed by atoms with E-state index in [1.54, 1.807) is 0 Å². The van der Waals surface area contributed by atoms with Crippen molar-refractivity contribution in [3.05, 3.63) is 48.0 Å². The predicted octanol–water partition coefficient (Wildman–Crippen LogP) is 3.76. The highest BCUT2D eigenvalue weighted by molar-refractivity contribution is 5.29. The molecule has 0 heteroatoms. The molecule has 14 heavy (non-hydrogen) atoms. The summed E-state index contributed by atoms with van der Waals surface area (Å²) in [5, 5.41) is 0. The zero-order valence-corrected chi connectivity index (χ0v) is 8.61. The van der Waals surface area contributed by atoms with Gasteiger partial charge in [-0.05, 0) is 35.7 Å². The molecule has 3 rings (SSSR count). The van der Waals surface area contributed by atoms with Gasteiger partial charge in [0.1, 0.15) is 0 Å². The molecule has 0 spiro atoms. The van der Waals surface area contributed by atoms with Crippen molar-refractivity contribution in [2.45, 2.75) is 25.7 Å². The van der Waals surface area contributed by atoms with Crippen LogP contribution in [0.3, 0.4) is 0 Å². The maximum Gasteiger partial charge on any atom is -0.00905 e. The Hall–Kier alpha value is -1.04. The fourth-order valence-electron chi connectivity index (χ4n) is 3.18. The van der Waals surface area contributed by atoms with Gasteiger partial charge in [-0.1, -0.05) is 49.4 Å². The molecule has 0 aliphatic heterocycles. The molecule has 2 aliphatic rings. The summed E-state index contributed by atoms with van der Waals surface area (Å²) in [6.07, 6.45) is 7.57. The number of rotatable bonds is 1. The molecule has 1 aromatic rings. The van der Waals surface area contributed by atoms with Gasteiger partial charge in [0.2, 0.25) is 0 Å². The number of benzene rings is 1. The van der Waals surface area contributed by atoms with Crippen LogP contribution in [-0.2, 0) is 0 Å². The molecule has 1 fully saturated rings. The smallest absolute Gasteiger partial charge is 0.00905 e. The summed E-state index contributed by atoms with van der Waals surface area (Å²) in [6.45, 7) is 2.40. The van der Waals surface area contributed by atoms with Crippen molar-refractivity contribution in [3.8, 4) is 0 Å². The minimum absolute atomic E-state index is 0.505. The third kappa shape index (κ3) is 1.13. The summed E-state index contributed by atoms with van der Waals surface area (Å²) >= 11 is 0. The van der Waals surface area contributed by atoms with Crippen LogP contribution in [0.2, 0.25) is 0 Å². The highest BCUT2D eigenvalue weighted by Gasteiger charge is 2.43. The van der Waals surface area contributed by atoms with E-state index in [9.17, 15) is 0 Å². The normalized spacial score (nSPS) is 39.2. The van der Waals surface area contributed by atoms with Crippen LogP contribution in [0.15, 0.2) is 42.5 Å². The van der Waals surface area contributed by atoms with Gasteiger partial charge in [0.15, 0.2) is 0 Å². The summed E-state index contributed by atoms with van der Waals surface area (Å²) in [7, 11) is 0. The van der Waals surface area contributed by atoms with Gasteiger partial charge in [0.25, 0.3) is 0 Å². The van der Waals surface area contributed by atoms with Gasteiger partial charge in [-0.2, -0.15) is 0 Å². The number of hydrogen-bond acceptors (Lipinski definition) is 0. The van der Waals surface area contributed by atoms with E-state index < -0.39 is 0 Å². The number of hydrogen-bond donors (Lipinski definition) is 0. The van der Waals surface area contributed by atoms with Crippen LogP contribution in [0.25, 0.3) is 0 Å². The summed E-state index contributed by atoms with van der Waals surface area (Å²) in [4.78, 5) is 0. The number of allylic oxidation sites excluding steroid dienone is 2. The van der Waals surface area contributed by atoms with Gasteiger partial charge < -0.3 is 0 Å². The summed E-state index contributed by atoms with van der Waals surface area (Å²) < 4.78 is 0. The molecule has 72 valence electrons. The molecule has 1 aromatic carbocycles. The first-order valence-corrected chi connectivity index (χ1v) is 5.51. The minimum atomic E-state index is 0.505. The lowest BCUT2D eigenvalue weighted by molar-refractivity contribution is 0.445. The molecule has 1 saturated carbocycles. The molecular formula is C14H16. The largest absolute Gasteiger partial charge is 0.0842 e. The fraction of sp³-hybridized carbons (Fsp3) is 0.429.